The molecule has 3 rings (SSSR count). The highest BCUT2D eigenvalue weighted by molar-refractivity contribution is 5.99. The molecule has 118 valence electrons. The van der Waals surface area contributed by atoms with Crippen molar-refractivity contribution in [2.24, 2.45) is 5.92 Å². The van der Waals surface area contributed by atoms with E-state index >= 15 is 0 Å². The summed E-state index contributed by atoms with van der Waals surface area (Å²) < 4.78 is 10.1. The topological polar surface area (TPSA) is 59.1 Å². The predicted octanol–water partition coefficient (Wildman–Crippen LogP) is 1.05. The molecule has 0 saturated carbocycles. The molecule has 1 aromatic carbocycles. The average Bonchev–Trinajstić information content (AvgIpc) is 2.97. The predicted molar refractivity (Wildman–Crippen MR) is 82.0 cm³/mol. The number of ether oxygens (including phenoxy) is 2. The van der Waals surface area contributed by atoms with E-state index < -0.39 is 0 Å². The summed E-state index contributed by atoms with van der Waals surface area (Å²) in [5, 5.41) is 0. The lowest BCUT2D eigenvalue weighted by Gasteiger charge is -2.29. The standard InChI is InChI=1S/C16H20N2O4/c1-21-16(20)12-10-15(19)18(11-12)14-4-2-13(3-5-14)17-6-8-22-9-7-17/h2-5,12H,6-11H2,1H3/t12-/m1/s1. The fourth-order valence-electron chi connectivity index (χ4n) is 2.95. The van der Waals surface area contributed by atoms with E-state index in [4.69, 9.17) is 9.47 Å². The molecule has 2 aliphatic heterocycles. The van der Waals surface area contributed by atoms with Crippen LogP contribution in [-0.2, 0) is 19.1 Å². The molecule has 2 heterocycles. The van der Waals surface area contributed by atoms with Crippen LogP contribution >= 0.6 is 0 Å². The van der Waals surface area contributed by atoms with Crippen LogP contribution in [0.15, 0.2) is 24.3 Å². The van der Waals surface area contributed by atoms with Crippen molar-refractivity contribution in [1.29, 1.82) is 0 Å². The number of nitrogens with zero attached hydrogens (tertiary/aromatic N) is 2. The fourth-order valence-corrected chi connectivity index (χ4v) is 2.95. The van der Waals surface area contributed by atoms with E-state index in [1.807, 2.05) is 24.3 Å². The summed E-state index contributed by atoms with van der Waals surface area (Å²) >= 11 is 0. The van der Waals surface area contributed by atoms with Crippen LogP contribution < -0.4 is 9.80 Å². The maximum Gasteiger partial charge on any atom is 0.311 e. The quantitative estimate of drug-likeness (QED) is 0.781. The van der Waals surface area contributed by atoms with Gasteiger partial charge in [0.25, 0.3) is 0 Å². The molecule has 2 saturated heterocycles. The summed E-state index contributed by atoms with van der Waals surface area (Å²) in [7, 11) is 1.35. The van der Waals surface area contributed by atoms with E-state index in [0.717, 1.165) is 37.7 Å². The molecule has 22 heavy (non-hydrogen) atoms. The number of morpholine rings is 1. The van der Waals surface area contributed by atoms with Crippen LogP contribution in [0.5, 0.6) is 0 Å². The lowest BCUT2D eigenvalue weighted by atomic mass is 10.1. The first kappa shape index (κ1) is 14.8. The highest BCUT2D eigenvalue weighted by atomic mass is 16.5. The monoisotopic (exact) mass is 304 g/mol. The van der Waals surface area contributed by atoms with Gasteiger partial charge >= 0.3 is 5.97 Å². The minimum Gasteiger partial charge on any atom is -0.469 e. The van der Waals surface area contributed by atoms with Crippen molar-refractivity contribution in [3.05, 3.63) is 24.3 Å². The van der Waals surface area contributed by atoms with Crippen LogP contribution in [0.1, 0.15) is 6.42 Å². The summed E-state index contributed by atoms with van der Waals surface area (Å²) in [5.41, 5.74) is 1.96. The van der Waals surface area contributed by atoms with Crippen molar-refractivity contribution in [3.63, 3.8) is 0 Å². The van der Waals surface area contributed by atoms with Crippen molar-refractivity contribution >= 4 is 23.3 Å². The average molecular weight is 304 g/mol. The molecule has 6 heteroatoms. The Bertz CT molecular complexity index is 552. The van der Waals surface area contributed by atoms with Gasteiger partial charge in [-0.05, 0) is 24.3 Å². The van der Waals surface area contributed by atoms with Crippen LogP contribution in [-0.4, -0.2) is 51.8 Å². The van der Waals surface area contributed by atoms with E-state index in [2.05, 4.69) is 4.90 Å². The van der Waals surface area contributed by atoms with E-state index in [1.165, 1.54) is 7.11 Å². The van der Waals surface area contributed by atoms with E-state index in [9.17, 15) is 9.59 Å². The van der Waals surface area contributed by atoms with Gasteiger partial charge < -0.3 is 19.3 Å². The van der Waals surface area contributed by atoms with Gasteiger partial charge in [-0.25, -0.2) is 0 Å². The number of hydrogen-bond acceptors (Lipinski definition) is 5. The zero-order chi connectivity index (χ0) is 15.5. The lowest BCUT2D eigenvalue weighted by Crippen LogP contribution is -2.36. The first-order valence-corrected chi connectivity index (χ1v) is 7.50. The Kier molecular flexibility index (Phi) is 4.29. The van der Waals surface area contributed by atoms with Crippen molar-refractivity contribution < 1.29 is 19.1 Å². The van der Waals surface area contributed by atoms with Crippen LogP contribution in [0, 0.1) is 5.92 Å². The third-order valence-electron chi connectivity index (χ3n) is 4.20. The van der Waals surface area contributed by atoms with Crippen LogP contribution in [0.2, 0.25) is 0 Å². The van der Waals surface area contributed by atoms with Gasteiger partial charge in [0, 0.05) is 37.4 Å². The van der Waals surface area contributed by atoms with E-state index in [1.54, 1.807) is 4.90 Å². The van der Waals surface area contributed by atoms with Crippen molar-refractivity contribution in [2.45, 2.75) is 6.42 Å². The minimum atomic E-state index is -0.364. The third-order valence-corrected chi connectivity index (χ3v) is 4.20. The number of hydrogen-bond donors (Lipinski definition) is 0. The third kappa shape index (κ3) is 2.92. The fraction of sp³-hybridized carbons (Fsp3) is 0.500. The molecule has 1 aromatic rings. The number of carbonyl (C=O) groups excluding carboxylic acids is 2. The minimum absolute atomic E-state index is 0.0328. The Labute approximate surface area is 129 Å². The number of carbonyl (C=O) groups is 2. The second kappa shape index (κ2) is 6.36. The van der Waals surface area contributed by atoms with Crippen molar-refractivity contribution in [1.82, 2.24) is 0 Å². The zero-order valence-corrected chi connectivity index (χ0v) is 12.7. The van der Waals surface area contributed by atoms with Gasteiger partial charge in [-0.1, -0.05) is 0 Å². The molecule has 0 N–H and O–H groups in total. The normalized spacial score (nSPS) is 22.0. The molecule has 0 unspecified atom stereocenters. The molecule has 0 spiro atoms. The molecule has 2 fully saturated rings. The molecule has 1 atom stereocenters. The Hall–Kier alpha value is -2.08. The smallest absolute Gasteiger partial charge is 0.311 e. The first-order valence-electron chi connectivity index (χ1n) is 7.50. The Balaban J connectivity index is 1.70. The first-order chi connectivity index (χ1) is 10.7. The number of benzene rings is 1. The SMILES string of the molecule is COC(=O)[C@@H]1CC(=O)N(c2ccc(N3CCOCC3)cc2)C1. The van der Waals surface area contributed by atoms with Gasteiger partial charge in [0.1, 0.15) is 0 Å². The number of rotatable bonds is 3. The number of anilines is 2. The molecular formula is C16H20N2O4. The molecule has 0 radical (unpaired) electrons. The van der Waals surface area contributed by atoms with Crippen LogP contribution in [0.3, 0.4) is 0 Å². The van der Waals surface area contributed by atoms with E-state index in [-0.39, 0.29) is 24.2 Å². The molecular weight excluding hydrogens is 284 g/mol. The summed E-state index contributed by atoms with van der Waals surface area (Å²) in [6, 6.07) is 7.89. The van der Waals surface area contributed by atoms with Crippen LogP contribution in [0.25, 0.3) is 0 Å². The largest absolute Gasteiger partial charge is 0.469 e. The van der Waals surface area contributed by atoms with Gasteiger partial charge in [0.2, 0.25) is 5.91 Å². The Morgan fingerprint density at radius 1 is 1.18 bits per heavy atom. The number of esters is 1. The Morgan fingerprint density at radius 2 is 1.82 bits per heavy atom. The van der Waals surface area contributed by atoms with Crippen molar-refractivity contribution in [3.8, 4) is 0 Å². The van der Waals surface area contributed by atoms with E-state index in [0.29, 0.717) is 6.54 Å². The van der Waals surface area contributed by atoms with Gasteiger partial charge in [0.15, 0.2) is 0 Å². The number of methoxy groups -OCH3 is 1. The Morgan fingerprint density at radius 3 is 2.45 bits per heavy atom. The maximum atomic E-state index is 12.1. The van der Waals surface area contributed by atoms with Gasteiger partial charge in [-0.2, -0.15) is 0 Å². The summed E-state index contributed by atoms with van der Waals surface area (Å²) in [4.78, 5) is 27.6. The second-order valence-electron chi connectivity index (χ2n) is 5.54. The maximum absolute atomic E-state index is 12.1. The summed E-state index contributed by atoms with van der Waals surface area (Å²) in [6.07, 6.45) is 0.220. The van der Waals surface area contributed by atoms with Gasteiger partial charge in [-0.15, -0.1) is 0 Å². The zero-order valence-electron chi connectivity index (χ0n) is 12.7. The van der Waals surface area contributed by atoms with Gasteiger partial charge in [-0.3, -0.25) is 9.59 Å². The number of amides is 1. The summed E-state index contributed by atoms with van der Waals surface area (Å²) in [5.74, 6) is -0.716. The van der Waals surface area contributed by atoms with Crippen LogP contribution in [0.4, 0.5) is 11.4 Å². The molecule has 0 aliphatic carbocycles. The highest BCUT2D eigenvalue weighted by Gasteiger charge is 2.35. The highest BCUT2D eigenvalue weighted by Crippen LogP contribution is 2.28. The lowest BCUT2D eigenvalue weighted by molar-refractivity contribution is -0.145. The molecule has 6 nitrogen and oxygen atoms in total. The molecule has 0 bridgehead atoms. The van der Waals surface area contributed by atoms with Gasteiger partial charge in [0.05, 0.1) is 26.2 Å². The molecule has 1 amide bonds. The molecule has 2 aliphatic rings. The summed E-state index contributed by atoms with van der Waals surface area (Å²) in [6.45, 7) is 3.64. The molecule has 0 aromatic heterocycles. The van der Waals surface area contributed by atoms with Crippen molar-refractivity contribution in [2.75, 3.05) is 49.8 Å². The second-order valence-corrected chi connectivity index (χ2v) is 5.54.